The van der Waals surface area contributed by atoms with E-state index >= 15 is 0 Å². The van der Waals surface area contributed by atoms with Crippen molar-refractivity contribution in [2.45, 2.75) is 30.7 Å². The van der Waals surface area contributed by atoms with Crippen LogP contribution >= 0.6 is 0 Å². The number of carboxylic acid groups (broad SMARTS) is 1. The molecule has 1 saturated heterocycles. The molecular formula is C21H18O12. The van der Waals surface area contributed by atoms with Gasteiger partial charge in [-0.05, 0) is 24.3 Å². The molecule has 174 valence electrons. The largest absolute Gasteiger partial charge is 0.508 e. The normalized spacial score (nSPS) is 25.1. The Morgan fingerprint density at radius 3 is 2.21 bits per heavy atom. The Morgan fingerprint density at radius 2 is 1.58 bits per heavy atom. The molecule has 1 aromatic heterocycles. The number of rotatable bonds is 4. The first-order valence-corrected chi connectivity index (χ1v) is 9.49. The van der Waals surface area contributed by atoms with Gasteiger partial charge in [0.25, 0.3) is 0 Å². The third-order valence-electron chi connectivity index (χ3n) is 5.11. The van der Waals surface area contributed by atoms with Gasteiger partial charge in [-0.25, -0.2) is 4.79 Å². The molecular weight excluding hydrogens is 444 g/mol. The van der Waals surface area contributed by atoms with E-state index in [1.165, 1.54) is 24.3 Å². The van der Waals surface area contributed by atoms with Crippen molar-refractivity contribution in [2.75, 3.05) is 0 Å². The van der Waals surface area contributed by atoms with Gasteiger partial charge in [0.05, 0.1) is 0 Å². The van der Waals surface area contributed by atoms with Crippen LogP contribution in [0.15, 0.2) is 45.6 Å². The molecule has 1 aliphatic rings. The lowest BCUT2D eigenvalue weighted by atomic mass is 9.99. The molecule has 1 aliphatic heterocycles. The Labute approximate surface area is 183 Å². The van der Waals surface area contributed by atoms with Crippen molar-refractivity contribution in [3.05, 3.63) is 46.6 Å². The van der Waals surface area contributed by atoms with E-state index < -0.39 is 70.3 Å². The zero-order valence-electron chi connectivity index (χ0n) is 16.5. The summed E-state index contributed by atoms with van der Waals surface area (Å²) in [4.78, 5) is 24.0. The van der Waals surface area contributed by atoms with Crippen LogP contribution in [0.4, 0.5) is 0 Å². The van der Waals surface area contributed by atoms with Gasteiger partial charge in [0.15, 0.2) is 22.9 Å². The fraction of sp³-hybridized carbons (Fsp3) is 0.238. The van der Waals surface area contributed by atoms with Crippen molar-refractivity contribution in [1.29, 1.82) is 0 Å². The Kier molecular flexibility index (Phi) is 5.59. The molecule has 0 amide bonds. The maximum Gasteiger partial charge on any atom is 0.335 e. The van der Waals surface area contributed by atoms with Crippen molar-refractivity contribution in [2.24, 2.45) is 0 Å². The van der Waals surface area contributed by atoms with Crippen LogP contribution in [0.5, 0.6) is 23.0 Å². The van der Waals surface area contributed by atoms with E-state index in [2.05, 4.69) is 0 Å². The number of phenols is 3. The number of hydrogen-bond donors (Lipinski definition) is 7. The van der Waals surface area contributed by atoms with Crippen molar-refractivity contribution < 1.29 is 54.4 Å². The van der Waals surface area contributed by atoms with E-state index in [9.17, 15) is 45.3 Å². The van der Waals surface area contributed by atoms with Crippen molar-refractivity contribution in [1.82, 2.24) is 0 Å². The SMILES string of the molecule is O=C(O)C1O[C@@H](Oc2c(O)cc(O)c3c(=O)cc(-c4ccc(O)cc4)oc23)C(O)[C@@H](O)[C@@H]1O. The number of fused-ring (bicyclic) bond motifs is 1. The molecule has 0 radical (unpaired) electrons. The molecule has 7 N–H and O–H groups in total. The summed E-state index contributed by atoms with van der Waals surface area (Å²) in [5, 5.41) is 68.7. The molecule has 0 aliphatic carbocycles. The highest BCUT2D eigenvalue weighted by Gasteiger charge is 2.48. The van der Waals surface area contributed by atoms with E-state index in [1.807, 2.05) is 0 Å². The molecule has 0 saturated carbocycles. The average Bonchev–Trinajstić information content (AvgIpc) is 2.76. The topological polar surface area (TPSA) is 207 Å². The summed E-state index contributed by atoms with van der Waals surface area (Å²) in [6.45, 7) is 0. The number of benzene rings is 2. The number of carboxylic acids is 1. The molecule has 2 aromatic carbocycles. The van der Waals surface area contributed by atoms with E-state index in [1.54, 1.807) is 0 Å². The Morgan fingerprint density at radius 1 is 0.909 bits per heavy atom. The Bertz CT molecular complexity index is 1260. The van der Waals surface area contributed by atoms with Crippen LogP contribution in [-0.4, -0.2) is 72.4 Å². The standard InChI is InChI=1S/C21H18O12/c22-8-3-1-7(2-4-8)12-6-10(24)13-9(23)5-11(25)17(18(13)31-12)32-21-16(28)14(26)15(27)19(33-21)20(29)30/h1-6,14-16,19,21-23,25-28H,(H,29,30)/t14-,15-,16?,19?,21+/m0/s1. The van der Waals surface area contributed by atoms with Gasteiger partial charge in [-0.3, -0.25) is 4.79 Å². The van der Waals surface area contributed by atoms with E-state index in [-0.39, 0.29) is 11.5 Å². The molecule has 1 fully saturated rings. The summed E-state index contributed by atoms with van der Waals surface area (Å²) in [5.41, 5.74) is -0.851. The second kappa shape index (κ2) is 8.26. The molecule has 0 spiro atoms. The second-order valence-electron chi connectivity index (χ2n) is 7.32. The second-order valence-corrected chi connectivity index (χ2v) is 7.32. The molecule has 2 heterocycles. The maximum absolute atomic E-state index is 12.7. The van der Waals surface area contributed by atoms with Crippen LogP contribution in [0.3, 0.4) is 0 Å². The fourth-order valence-electron chi connectivity index (χ4n) is 3.43. The minimum atomic E-state index is -1.98. The molecule has 2 unspecified atom stereocenters. The number of hydrogen-bond acceptors (Lipinski definition) is 11. The third kappa shape index (κ3) is 3.91. The molecule has 4 rings (SSSR count). The van der Waals surface area contributed by atoms with Crippen LogP contribution in [0.2, 0.25) is 0 Å². The van der Waals surface area contributed by atoms with Gasteiger partial charge in [0, 0.05) is 17.7 Å². The third-order valence-corrected chi connectivity index (χ3v) is 5.11. The number of aliphatic hydroxyl groups excluding tert-OH is 3. The summed E-state index contributed by atoms with van der Waals surface area (Å²) in [6.07, 6.45) is -9.79. The lowest BCUT2D eigenvalue weighted by Gasteiger charge is -2.38. The lowest BCUT2D eigenvalue weighted by Crippen LogP contribution is -2.61. The van der Waals surface area contributed by atoms with E-state index in [0.29, 0.717) is 5.56 Å². The summed E-state index contributed by atoms with van der Waals surface area (Å²) in [7, 11) is 0. The number of aromatic hydroxyl groups is 3. The predicted octanol–water partition coefficient (Wildman–Crippen LogP) is -0.152. The highest BCUT2D eigenvalue weighted by Crippen LogP contribution is 2.42. The Balaban J connectivity index is 1.84. The first-order valence-electron chi connectivity index (χ1n) is 9.49. The summed E-state index contributed by atoms with van der Waals surface area (Å²) in [5.74, 6) is -3.73. The first kappa shape index (κ1) is 22.4. The first-order chi connectivity index (χ1) is 15.6. The smallest absolute Gasteiger partial charge is 0.335 e. The maximum atomic E-state index is 12.7. The number of carbonyl (C=O) groups is 1. The highest BCUT2D eigenvalue weighted by molar-refractivity contribution is 5.91. The summed E-state index contributed by atoms with van der Waals surface area (Å²) < 4.78 is 16.1. The number of ether oxygens (including phenoxy) is 2. The van der Waals surface area contributed by atoms with Gasteiger partial charge >= 0.3 is 5.97 Å². The molecule has 12 nitrogen and oxygen atoms in total. The molecule has 12 heteroatoms. The minimum absolute atomic E-state index is 0.0358. The van der Waals surface area contributed by atoms with Gasteiger partial charge in [-0.2, -0.15) is 0 Å². The van der Waals surface area contributed by atoms with E-state index in [4.69, 9.17) is 13.9 Å². The van der Waals surface area contributed by atoms with Gasteiger partial charge < -0.3 is 49.6 Å². The van der Waals surface area contributed by atoms with E-state index in [0.717, 1.165) is 12.1 Å². The van der Waals surface area contributed by atoms with Crippen LogP contribution in [0, 0.1) is 0 Å². The quantitative estimate of drug-likeness (QED) is 0.270. The highest BCUT2D eigenvalue weighted by atomic mass is 16.7. The molecule has 3 aromatic rings. The Hall–Kier alpha value is -3.84. The van der Waals surface area contributed by atoms with Crippen LogP contribution in [0.25, 0.3) is 22.3 Å². The van der Waals surface area contributed by atoms with Crippen LogP contribution < -0.4 is 10.2 Å². The zero-order chi connectivity index (χ0) is 24.0. The van der Waals surface area contributed by atoms with Gasteiger partial charge in [-0.1, -0.05) is 0 Å². The molecule has 33 heavy (non-hydrogen) atoms. The number of phenolic OH excluding ortho intramolecular Hbond substituents is 3. The number of aliphatic carboxylic acids is 1. The van der Waals surface area contributed by atoms with Crippen LogP contribution in [0.1, 0.15) is 0 Å². The van der Waals surface area contributed by atoms with Gasteiger partial charge in [0.1, 0.15) is 41.0 Å². The average molecular weight is 462 g/mol. The van der Waals surface area contributed by atoms with Gasteiger partial charge in [0.2, 0.25) is 12.0 Å². The lowest BCUT2D eigenvalue weighted by molar-refractivity contribution is -0.271. The number of aliphatic hydroxyl groups is 3. The monoisotopic (exact) mass is 462 g/mol. The predicted molar refractivity (Wildman–Crippen MR) is 108 cm³/mol. The van der Waals surface area contributed by atoms with Crippen molar-refractivity contribution in [3.8, 4) is 34.3 Å². The van der Waals surface area contributed by atoms with Crippen molar-refractivity contribution in [3.63, 3.8) is 0 Å². The fourth-order valence-corrected chi connectivity index (χ4v) is 3.43. The minimum Gasteiger partial charge on any atom is -0.508 e. The molecule has 5 atom stereocenters. The molecule has 0 bridgehead atoms. The van der Waals surface area contributed by atoms with Gasteiger partial charge in [-0.15, -0.1) is 0 Å². The van der Waals surface area contributed by atoms with Crippen molar-refractivity contribution >= 4 is 16.9 Å². The summed E-state index contributed by atoms with van der Waals surface area (Å²) >= 11 is 0. The summed E-state index contributed by atoms with van der Waals surface area (Å²) in [6, 6.07) is 7.37. The van der Waals surface area contributed by atoms with Crippen LogP contribution in [-0.2, 0) is 9.53 Å². The zero-order valence-corrected chi connectivity index (χ0v) is 16.5.